The minimum Gasteiger partial charge on any atom is -0.372 e. The van der Waals surface area contributed by atoms with Crippen molar-refractivity contribution in [2.24, 2.45) is 11.8 Å². The molecule has 0 N–H and O–H groups in total. The molecular weight excluding hydrogens is 196 g/mol. The van der Waals surface area contributed by atoms with Crippen LogP contribution in [0.15, 0.2) is 0 Å². The number of ether oxygens (including phenoxy) is 1. The highest BCUT2D eigenvalue weighted by Gasteiger charge is 2.44. The number of rotatable bonds is 4. The summed E-state index contributed by atoms with van der Waals surface area (Å²) in [4.78, 5) is 0. The molecule has 1 heteroatoms. The summed E-state index contributed by atoms with van der Waals surface area (Å²) < 4.78 is 6.41. The van der Waals surface area contributed by atoms with E-state index in [-0.39, 0.29) is 5.60 Å². The Morgan fingerprint density at radius 3 is 1.56 bits per heavy atom. The van der Waals surface area contributed by atoms with Gasteiger partial charge >= 0.3 is 0 Å². The van der Waals surface area contributed by atoms with Crippen LogP contribution < -0.4 is 0 Å². The first-order valence-electron chi connectivity index (χ1n) is 7.30. The molecule has 0 aromatic rings. The van der Waals surface area contributed by atoms with Crippen molar-refractivity contribution in [3.05, 3.63) is 0 Å². The predicted octanol–water partition coefficient (Wildman–Crippen LogP) is 4.55. The lowest BCUT2D eigenvalue weighted by atomic mass is 9.76. The molecule has 94 valence electrons. The van der Waals surface area contributed by atoms with E-state index in [0.717, 1.165) is 11.8 Å². The third kappa shape index (κ3) is 2.45. The molecule has 0 aliphatic heterocycles. The molecule has 16 heavy (non-hydrogen) atoms. The Morgan fingerprint density at radius 1 is 0.875 bits per heavy atom. The first-order valence-corrected chi connectivity index (χ1v) is 7.30. The molecule has 0 aromatic heterocycles. The maximum Gasteiger partial charge on any atom is 0.0714 e. The second kappa shape index (κ2) is 5.08. The molecule has 0 aromatic carbocycles. The van der Waals surface area contributed by atoms with E-state index in [1.165, 1.54) is 51.4 Å². The van der Waals surface area contributed by atoms with Gasteiger partial charge in [0.15, 0.2) is 0 Å². The predicted molar refractivity (Wildman–Crippen MR) is 68.5 cm³/mol. The van der Waals surface area contributed by atoms with Gasteiger partial charge in [-0.3, -0.25) is 0 Å². The van der Waals surface area contributed by atoms with E-state index in [2.05, 4.69) is 20.8 Å². The third-order valence-corrected chi connectivity index (χ3v) is 4.82. The summed E-state index contributed by atoms with van der Waals surface area (Å²) in [7, 11) is 0. The second-order valence-electron chi connectivity index (χ2n) is 6.31. The summed E-state index contributed by atoms with van der Waals surface area (Å²) in [6.07, 6.45) is 11.7. The number of hydrogen-bond donors (Lipinski definition) is 0. The van der Waals surface area contributed by atoms with Crippen LogP contribution in [0.5, 0.6) is 0 Å². The molecule has 0 heterocycles. The van der Waals surface area contributed by atoms with Crippen LogP contribution in [0.1, 0.15) is 72.1 Å². The largest absolute Gasteiger partial charge is 0.372 e. The van der Waals surface area contributed by atoms with Crippen molar-refractivity contribution in [2.45, 2.75) is 83.8 Å². The highest BCUT2D eigenvalue weighted by molar-refractivity contribution is 4.95. The summed E-state index contributed by atoms with van der Waals surface area (Å²) in [5.41, 5.74) is 0.182. The Balaban J connectivity index is 2.09. The summed E-state index contributed by atoms with van der Waals surface area (Å²) in [5.74, 6) is 1.66. The normalized spacial score (nSPS) is 24.8. The molecule has 0 amide bonds. The van der Waals surface area contributed by atoms with Gasteiger partial charge in [-0.1, -0.05) is 25.7 Å². The van der Waals surface area contributed by atoms with Crippen LogP contribution in [-0.4, -0.2) is 11.7 Å². The van der Waals surface area contributed by atoms with Gasteiger partial charge in [0.25, 0.3) is 0 Å². The van der Waals surface area contributed by atoms with Crippen molar-refractivity contribution >= 4 is 0 Å². The van der Waals surface area contributed by atoms with Crippen molar-refractivity contribution in [3.8, 4) is 0 Å². The average molecular weight is 224 g/mol. The van der Waals surface area contributed by atoms with Gasteiger partial charge in [-0.05, 0) is 58.3 Å². The standard InChI is InChI=1S/C15H28O/c1-12(2)16-15(3,13-8-4-5-9-13)14-10-6-7-11-14/h12-14H,4-11H2,1-3H3. The van der Waals surface area contributed by atoms with Gasteiger partial charge in [-0.15, -0.1) is 0 Å². The van der Waals surface area contributed by atoms with Gasteiger partial charge in [0.1, 0.15) is 0 Å². The smallest absolute Gasteiger partial charge is 0.0714 e. The summed E-state index contributed by atoms with van der Waals surface area (Å²) in [5, 5.41) is 0. The first-order chi connectivity index (χ1) is 7.63. The number of hydrogen-bond acceptors (Lipinski definition) is 1. The molecule has 0 atom stereocenters. The zero-order chi connectivity index (χ0) is 11.6. The minimum absolute atomic E-state index is 0.182. The Kier molecular flexibility index (Phi) is 3.94. The van der Waals surface area contributed by atoms with E-state index < -0.39 is 0 Å². The fourth-order valence-corrected chi connectivity index (χ4v) is 4.03. The molecule has 0 radical (unpaired) electrons. The SMILES string of the molecule is CC(C)OC(C)(C1CCCC1)C1CCCC1. The van der Waals surface area contributed by atoms with E-state index in [1.54, 1.807) is 0 Å². The summed E-state index contributed by atoms with van der Waals surface area (Å²) in [6, 6.07) is 0. The maximum absolute atomic E-state index is 6.41. The van der Waals surface area contributed by atoms with Crippen molar-refractivity contribution in [2.75, 3.05) is 0 Å². The molecule has 2 aliphatic carbocycles. The van der Waals surface area contributed by atoms with Crippen LogP contribution in [-0.2, 0) is 4.74 Å². The molecule has 2 aliphatic rings. The fraction of sp³-hybridized carbons (Fsp3) is 1.00. The molecule has 2 rings (SSSR count). The average Bonchev–Trinajstić information content (AvgIpc) is 2.91. The Hall–Kier alpha value is -0.0400. The highest BCUT2D eigenvalue weighted by atomic mass is 16.5. The highest BCUT2D eigenvalue weighted by Crippen LogP contribution is 2.46. The molecule has 0 bridgehead atoms. The monoisotopic (exact) mass is 224 g/mol. The van der Waals surface area contributed by atoms with Crippen LogP contribution >= 0.6 is 0 Å². The summed E-state index contributed by atoms with van der Waals surface area (Å²) >= 11 is 0. The van der Waals surface area contributed by atoms with Crippen molar-refractivity contribution < 1.29 is 4.74 Å². The van der Waals surface area contributed by atoms with E-state index in [9.17, 15) is 0 Å². The van der Waals surface area contributed by atoms with Crippen LogP contribution in [0.3, 0.4) is 0 Å². The Morgan fingerprint density at radius 2 is 1.25 bits per heavy atom. The zero-order valence-electron chi connectivity index (χ0n) is 11.3. The molecule has 0 unspecified atom stereocenters. The van der Waals surface area contributed by atoms with Crippen molar-refractivity contribution in [1.82, 2.24) is 0 Å². The topological polar surface area (TPSA) is 9.23 Å². The second-order valence-corrected chi connectivity index (χ2v) is 6.31. The summed E-state index contributed by atoms with van der Waals surface area (Å²) in [6.45, 7) is 6.81. The van der Waals surface area contributed by atoms with E-state index in [1.807, 2.05) is 0 Å². The van der Waals surface area contributed by atoms with Crippen LogP contribution in [0.25, 0.3) is 0 Å². The molecular formula is C15H28O. The van der Waals surface area contributed by atoms with Gasteiger partial charge in [0.2, 0.25) is 0 Å². The Bertz CT molecular complexity index is 193. The lowest BCUT2D eigenvalue weighted by molar-refractivity contribution is -0.137. The lowest BCUT2D eigenvalue weighted by Crippen LogP contribution is -2.44. The lowest BCUT2D eigenvalue weighted by Gasteiger charge is -2.42. The van der Waals surface area contributed by atoms with Gasteiger partial charge in [-0.25, -0.2) is 0 Å². The van der Waals surface area contributed by atoms with Crippen LogP contribution in [0.4, 0.5) is 0 Å². The molecule has 2 fully saturated rings. The quantitative estimate of drug-likeness (QED) is 0.680. The Labute approximate surface area is 101 Å². The van der Waals surface area contributed by atoms with E-state index in [4.69, 9.17) is 4.74 Å². The molecule has 0 saturated heterocycles. The molecule has 0 spiro atoms. The van der Waals surface area contributed by atoms with Crippen molar-refractivity contribution in [3.63, 3.8) is 0 Å². The van der Waals surface area contributed by atoms with Crippen LogP contribution in [0.2, 0.25) is 0 Å². The van der Waals surface area contributed by atoms with E-state index in [0.29, 0.717) is 6.10 Å². The zero-order valence-corrected chi connectivity index (χ0v) is 11.3. The van der Waals surface area contributed by atoms with Gasteiger partial charge in [0.05, 0.1) is 11.7 Å². The van der Waals surface area contributed by atoms with Crippen molar-refractivity contribution in [1.29, 1.82) is 0 Å². The third-order valence-electron chi connectivity index (χ3n) is 4.82. The first kappa shape index (κ1) is 12.4. The molecule has 2 saturated carbocycles. The maximum atomic E-state index is 6.41. The van der Waals surface area contributed by atoms with Gasteiger partial charge in [0, 0.05) is 0 Å². The van der Waals surface area contributed by atoms with Gasteiger partial charge < -0.3 is 4.74 Å². The molecule has 1 nitrogen and oxygen atoms in total. The van der Waals surface area contributed by atoms with Gasteiger partial charge in [-0.2, -0.15) is 0 Å². The van der Waals surface area contributed by atoms with E-state index >= 15 is 0 Å². The fourth-order valence-electron chi connectivity index (χ4n) is 4.03. The minimum atomic E-state index is 0.182. The van der Waals surface area contributed by atoms with Crippen LogP contribution in [0, 0.1) is 11.8 Å².